The Hall–Kier alpha value is -1.47. The second kappa shape index (κ2) is 2.52. The van der Waals surface area contributed by atoms with Gasteiger partial charge in [0.25, 0.3) is 6.29 Å². The molecule has 4 nitrogen and oxygen atoms in total. The number of fused-ring (bicyclic) bond motifs is 2. The summed E-state index contributed by atoms with van der Waals surface area (Å²) in [5, 5.41) is 8.88. The minimum absolute atomic E-state index is 0.0761. The average Bonchev–Trinajstić information content (AvgIpc) is 2.92. The van der Waals surface area contributed by atoms with Crippen molar-refractivity contribution < 1.29 is 14.2 Å². The zero-order valence-electron chi connectivity index (χ0n) is 7.42. The van der Waals surface area contributed by atoms with Gasteiger partial charge in [0.1, 0.15) is 12.5 Å². The SMILES string of the molecule is N#CC1CC2(C3OC=CO3)C=CC1O2. The van der Waals surface area contributed by atoms with E-state index in [0.29, 0.717) is 6.42 Å². The Morgan fingerprint density at radius 1 is 1.36 bits per heavy atom. The fourth-order valence-electron chi connectivity index (χ4n) is 2.20. The summed E-state index contributed by atoms with van der Waals surface area (Å²) < 4.78 is 16.2. The summed E-state index contributed by atoms with van der Waals surface area (Å²) in [4.78, 5) is 0. The monoisotopic (exact) mass is 191 g/mol. The lowest BCUT2D eigenvalue weighted by Crippen LogP contribution is -2.39. The summed E-state index contributed by atoms with van der Waals surface area (Å²) in [7, 11) is 0. The Balaban J connectivity index is 1.86. The van der Waals surface area contributed by atoms with Crippen LogP contribution < -0.4 is 0 Å². The number of hydrogen-bond donors (Lipinski definition) is 0. The van der Waals surface area contributed by atoms with Gasteiger partial charge in [0.05, 0.1) is 18.1 Å². The summed E-state index contributed by atoms with van der Waals surface area (Å²) in [5.74, 6) is -0.0761. The van der Waals surface area contributed by atoms with Gasteiger partial charge in [-0.25, -0.2) is 0 Å². The predicted molar refractivity (Wildman–Crippen MR) is 45.6 cm³/mol. The van der Waals surface area contributed by atoms with E-state index in [0.717, 1.165) is 0 Å². The molecule has 0 radical (unpaired) electrons. The quantitative estimate of drug-likeness (QED) is 0.582. The molecule has 1 fully saturated rings. The maximum Gasteiger partial charge on any atom is 0.272 e. The van der Waals surface area contributed by atoms with E-state index in [-0.39, 0.29) is 12.0 Å². The van der Waals surface area contributed by atoms with Crippen molar-refractivity contribution in [1.29, 1.82) is 5.26 Å². The molecule has 0 aliphatic carbocycles. The third kappa shape index (κ3) is 0.851. The zero-order chi connectivity index (χ0) is 9.60. The third-order valence-corrected chi connectivity index (χ3v) is 2.88. The highest BCUT2D eigenvalue weighted by molar-refractivity contribution is 5.24. The Kier molecular flexibility index (Phi) is 1.42. The number of ether oxygens (including phenoxy) is 3. The molecule has 3 aliphatic heterocycles. The summed E-state index contributed by atoms with van der Waals surface area (Å²) in [6, 6.07) is 2.24. The van der Waals surface area contributed by atoms with E-state index in [4.69, 9.17) is 19.5 Å². The summed E-state index contributed by atoms with van der Waals surface area (Å²) in [5.41, 5.74) is -0.547. The Morgan fingerprint density at radius 3 is 2.79 bits per heavy atom. The number of rotatable bonds is 1. The molecule has 0 saturated carbocycles. The largest absolute Gasteiger partial charge is 0.456 e. The molecule has 14 heavy (non-hydrogen) atoms. The van der Waals surface area contributed by atoms with Crippen LogP contribution in [-0.4, -0.2) is 18.0 Å². The molecule has 3 atom stereocenters. The van der Waals surface area contributed by atoms with E-state index >= 15 is 0 Å². The fourth-order valence-corrected chi connectivity index (χ4v) is 2.20. The van der Waals surface area contributed by atoms with Gasteiger partial charge < -0.3 is 14.2 Å². The fraction of sp³-hybridized carbons (Fsp3) is 0.500. The first-order valence-corrected chi connectivity index (χ1v) is 4.57. The molecule has 0 aromatic rings. The van der Waals surface area contributed by atoms with Crippen molar-refractivity contribution in [1.82, 2.24) is 0 Å². The van der Waals surface area contributed by atoms with E-state index in [1.54, 1.807) is 0 Å². The third-order valence-electron chi connectivity index (χ3n) is 2.88. The lowest BCUT2D eigenvalue weighted by molar-refractivity contribution is -0.153. The van der Waals surface area contributed by atoms with Gasteiger partial charge in [-0.15, -0.1) is 0 Å². The van der Waals surface area contributed by atoms with Crippen molar-refractivity contribution in [2.75, 3.05) is 0 Å². The van der Waals surface area contributed by atoms with Crippen LogP contribution in [0.3, 0.4) is 0 Å². The van der Waals surface area contributed by atoms with Crippen LogP contribution in [0.25, 0.3) is 0 Å². The summed E-state index contributed by atoms with van der Waals surface area (Å²) in [6.45, 7) is 0. The van der Waals surface area contributed by atoms with Crippen molar-refractivity contribution >= 4 is 0 Å². The molecular weight excluding hydrogens is 182 g/mol. The highest BCUT2D eigenvalue weighted by Crippen LogP contribution is 2.46. The normalized spacial score (nSPS) is 43.6. The predicted octanol–water partition coefficient (Wildman–Crippen LogP) is 1.07. The minimum Gasteiger partial charge on any atom is -0.456 e. The number of nitrogens with zero attached hydrogens (tertiary/aromatic N) is 1. The molecule has 0 aromatic heterocycles. The molecule has 0 aromatic carbocycles. The molecule has 0 amide bonds. The maximum absolute atomic E-state index is 8.88. The molecule has 2 bridgehead atoms. The van der Waals surface area contributed by atoms with Crippen LogP contribution in [-0.2, 0) is 14.2 Å². The minimum atomic E-state index is -0.547. The number of nitriles is 1. The molecule has 3 heterocycles. The van der Waals surface area contributed by atoms with Gasteiger partial charge >= 0.3 is 0 Å². The highest BCUT2D eigenvalue weighted by atomic mass is 16.7. The molecule has 4 heteroatoms. The van der Waals surface area contributed by atoms with Gasteiger partial charge in [0.2, 0.25) is 0 Å². The van der Waals surface area contributed by atoms with E-state index in [9.17, 15) is 0 Å². The van der Waals surface area contributed by atoms with Crippen LogP contribution >= 0.6 is 0 Å². The lowest BCUT2D eigenvalue weighted by Gasteiger charge is -2.27. The van der Waals surface area contributed by atoms with Gasteiger partial charge in [-0.1, -0.05) is 6.08 Å². The van der Waals surface area contributed by atoms with Crippen molar-refractivity contribution in [3.05, 3.63) is 24.7 Å². The first-order valence-electron chi connectivity index (χ1n) is 4.57. The van der Waals surface area contributed by atoms with E-state index < -0.39 is 11.9 Å². The molecule has 1 saturated heterocycles. The van der Waals surface area contributed by atoms with Crippen LogP contribution in [0.2, 0.25) is 0 Å². The zero-order valence-corrected chi connectivity index (χ0v) is 7.42. The van der Waals surface area contributed by atoms with Gasteiger partial charge in [0, 0.05) is 6.42 Å². The Labute approximate surface area is 81.4 Å². The van der Waals surface area contributed by atoms with E-state index in [1.807, 2.05) is 12.2 Å². The van der Waals surface area contributed by atoms with Crippen LogP contribution in [0, 0.1) is 17.2 Å². The molecule has 3 aliphatic rings. The molecular formula is C10H9NO3. The van der Waals surface area contributed by atoms with Crippen molar-refractivity contribution in [3.63, 3.8) is 0 Å². The Bertz CT molecular complexity index is 349. The van der Waals surface area contributed by atoms with E-state index in [2.05, 4.69) is 6.07 Å². The van der Waals surface area contributed by atoms with Crippen molar-refractivity contribution in [3.8, 4) is 6.07 Å². The average molecular weight is 191 g/mol. The van der Waals surface area contributed by atoms with Crippen LogP contribution in [0.1, 0.15) is 6.42 Å². The van der Waals surface area contributed by atoms with Crippen LogP contribution in [0.5, 0.6) is 0 Å². The second-order valence-corrected chi connectivity index (χ2v) is 3.71. The van der Waals surface area contributed by atoms with Gasteiger partial charge in [-0.05, 0) is 6.08 Å². The first kappa shape index (κ1) is 7.89. The first-order chi connectivity index (χ1) is 6.84. The molecule has 3 unspecified atom stereocenters. The highest BCUT2D eigenvalue weighted by Gasteiger charge is 2.55. The van der Waals surface area contributed by atoms with Crippen molar-refractivity contribution in [2.45, 2.75) is 24.4 Å². The smallest absolute Gasteiger partial charge is 0.272 e. The van der Waals surface area contributed by atoms with Gasteiger partial charge in [-0.2, -0.15) is 5.26 Å². The molecule has 72 valence electrons. The topological polar surface area (TPSA) is 51.5 Å². The molecule has 3 rings (SSSR count). The van der Waals surface area contributed by atoms with E-state index in [1.165, 1.54) is 12.5 Å². The second-order valence-electron chi connectivity index (χ2n) is 3.71. The van der Waals surface area contributed by atoms with Crippen LogP contribution in [0.15, 0.2) is 24.7 Å². The maximum atomic E-state index is 8.88. The van der Waals surface area contributed by atoms with Crippen LogP contribution in [0.4, 0.5) is 0 Å². The van der Waals surface area contributed by atoms with Gasteiger partial charge in [-0.3, -0.25) is 0 Å². The van der Waals surface area contributed by atoms with Gasteiger partial charge in [0.15, 0.2) is 5.60 Å². The number of hydrogen-bond acceptors (Lipinski definition) is 4. The lowest BCUT2D eigenvalue weighted by atomic mass is 9.87. The summed E-state index contributed by atoms with van der Waals surface area (Å²) >= 11 is 0. The molecule has 0 spiro atoms. The standard InChI is InChI=1S/C10H9NO3/c11-6-7-5-10(2-1-8(7)14-10)9-12-3-4-13-9/h1-4,7-9H,5H2. The Morgan fingerprint density at radius 2 is 2.14 bits per heavy atom. The molecule has 0 N–H and O–H groups in total. The summed E-state index contributed by atoms with van der Waals surface area (Å²) in [6.07, 6.45) is 7.01. The van der Waals surface area contributed by atoms with Crippen molar-refractivity contribution in [2.24, 2.45) is 5.92 Å².